The zero-order valence-electron chi connectivity index (χ0n) is 10.6. The van der Waals surface area contributed by atoms with E-state index >= 15 is 0 Å². The van der Waals surface area contributed by atoms with Crippen LogP contribution in [0.1, 0.15) is 59.3 Å². The van der Waals surface area contributed by atoms with Crippen LogP contribution in [0.15, 0.2) is 0 Å². The molecule has 2 nitrogen and oxygen atoms in total. The van der Waals surface area contributed by atoms with E-state index in [2.05, 4.69) is 20.8 Å². The van der Waals surface area contributed by atoms with E-state index in [1.54, 1.807) is 0 Å². The fourth-order valence-corrected chi connectivity index (χ4v) is 1.83. The Morgan fingerprint density at radius 1 is 1.20 bits per heavy atom. The Hall–Kier alpha value is -0.0800. The Kier molecular flexibility index (Phi) is 5.62. The molecular formula is C13H26O2. The van der Waals surface area contributed by atoms with Crippen molar-refractivity contribution in [1.82, 2.24) is 0 Å². The van der Waals surface area contributed by atoms with Crippen LogP contribution in [0.5, 0.6) is 0 Å². The zero-order valence-corrected chi connectivity index (χ0v) is 10.6. The fourth-order valence-electron chi connectivity index (χ4n) is 1.83. The lowest BCUT2D eigenvalue weighted by Gasteiger charge is -2.44. The lowest BCUT2D eigenvalue weighted by molar-refractivity contribution is -0.245. The van der Waals surface area contributed by atoms with Gasteiger partial charge < -0.3 is 9.47 Å². The summed E-state index contributed by atoms with van der Waals surface area (Å²) in [5.41, 5.74) is 0.00339. The van der Waals surface area contributed by atoms with E-state index in [1.807, 2.05) is 0 Å². The van der Waals surface area contributed by atoms with Crippen LogP contribution in [-0.4, -0.2) is 24.9 Å². The monoisotopic (exact) mass is 214 g/mol. The molecule has 0 aromatic heterocycles. The lowest BCUT2D eigenvalue weighted by Crippen LogP contribution is -2.56. The Morgan fingerprint density at radius 3 is 2.40 bits per heavy atom. The number of ether oxygens (including phenoxy) is 2. The van der Waals surface area contributed by atoms with Crippen molar-refractivity contribution in [1.29, 1.82) is 0 Å². The minimum atomic E-state index is 0.00339. The average molecular weight is 214 g/mol. The predicted molar refractivity (Wildman–Crippen MR) is 63.1 cm³/mol. The molecule has 0 saturated carbocycles. The molecule has 0 radical (unpaired) electrons. The van der Waals surface area contributed by atoms with Crippen LogP contribution in [0.2, 0.25) is 0 Å². The fraction of sp³-hybridized carbons (Fsp3) is 1.00. The van der Waals surface area contributed by atoms with Crippen molar-refractivity contribution in [3.63, 3.8) is 0 Å². The van der Waals surface area contributed by atoms with Crippen LogP contribution in [0.25, 0.3) is 0 Å². The second-order valence-corrected chi connectivity index (χ2v) is 4.88. The Balaban J connectivity index is 1.89. The number of unbranched alkanes of at least 4 members (excludes halogenated alkanes) is 5. The normalized spacial score (nSPS) is 30.2. The summed E-state index contributed by atoms with van der Waals surface area (Å²) in [5, 5.41) is 0. The van der Waals surface area contributed by atoms with Crippen LogP contribution < -0.4 is 0 Å². The first-order valence-electron chi connectivity index (χ1n) is 6.44. The first-order chi connectivity index (χ1) is 7.19. The van der Waals surface area contributed by atoms with Gasteiger partial charge in [-0.1, -0.05) is 39.0 Å². The summed E-state index contributed by atoms with van der Waals surface area (Å²) in [6.07, 6.45) is 8.23. The largest absolute Gasteiger partial charge is 0.372 e. The van der Waals surface area contributed by atoms with Gasteiger partial charge in [0.15, 0.2) is 0 Å². The van der Waals surface area contributed by atoms with Crippen molar-refractivity contribution in [3.8, 4) is 0 Å². The summed E-state index contributed by atoms with van der Waals surface area (Å²) in [4.78, 5) is 0. The van der Waals surface area contributed by atoms with Crippen LogP contribution in [0.4, 0.5) is 0 Å². The third-order valence-electron chi connectivity index (χ3n) is 3.41. The molecule has 1 heterocycles. The van der Waals surface area contributed by atoms with E-state index in [4.69, 9.17) is 9.47 Å². The molecule has 0 bridgehead atoms. The van der Waals surface area contributed by atoms with Crippen LogP contribution in [0.3, 0.4) is 0 Å². The second kappa shape index (κ2) is 6.49. The maximum absolute atomic E-state index is 5.86. The Bertz CT molecular complexity index is 170. The van der Waals surface area contributed by atoms with Crippen LogP contribution in [0, 0.1) is 0 Å². The van der Waals surface area contributed by atoms with Crippen molar-refractivity contribution in [2.24, 2.45) is 0 Å². The molecule has 90 valence electrons. The molecule has 0 amide bonds. The topological polar surface area (TPSA) is 18.5 Å². The predicted octanol–water partition coefficient (Wildman–Crippen LogP) is 3.54. The third kappa shape index (κ3) is 4.12. The molecule has 0 spiro atoms. The van der Waals surface area contributed by atoms with Crippen molar-refractivity contribution >= 4 is 0 Å². The molecule has 0 aliphatic carbocycles. The average Bonchev–Trinajstić information content (AvgIpc) is 2.25. The van der Waals surface area contributed by atoms with Gasteiger partial charge in [-0.3, -0.25) is 0 Å². The molecule has 2 atom stereocenters. The van der Waals surface area contributed by atoms with Gasteiger partial charge in [-0.2, -0.15) is 0 Å². The molecule has 1 aliphatic heterocycles. The maximum atomic E-state index is 5.86. The van der Waals surface area contributed by atoms with Gasteiger partial charge in [0.05, 0.1) is 12.7 Å². The molecule has 0 N–H and O–H groups in total. The number of hydrogen-bond acceptors (Lipinski definition) is 2. The van der Waals surface area contributed by atoms with Crippen LogP contribution >= 0.6 is 0 Å². The van der Waals surface area contributed by atoms with Crippen molar-refractivity contribution in [2.45, 2.75) is 71.0 Å². The summed E-state index contributed by atoms with van der Waals surface area (Å²) in [6.45, 7) is 8.16. The second-order valence-electron chi connectivity index (χ2n) is 4.88. The first-order valence-corrected chi connectivity index (χ1v) is 6.44. The highest BCUT2D eigenvalue weighted by atomic mass is 16.6. The summed E-state index contributed by atoms with van der Waals surface area (Å²) < 4.78 is 11.2. The molecular weight excluding hydrogens is 188 g/mol. The summed E-state index contributed by atoms with van der Waals surface area (Å²) in [5.74, 6) is 0. The van der Waals surface area contributed by atoms with E-state index < -0.39 is 0 Å². The van der Waals surface area contributed by atoms with E-state index in [9.17, 15) is 0 Å². The first kappa shape index (κ1) is 13.0. The van der Waals surface area contributed by atoms with Gasteiger partial charge >= 0.3 is 0 Å². The smallest absolute Gasteiger partial charge is 0.114 e. The highest BCUT2D eigenvalue weighted by Crippen LogP contribution is 2.28. The van der Waals surface area contributed by atoms with E-state index in [0.29, 0.717) is 0 Å². The number of rotatable bonds is 8. The Labute approximate surface area is 94.3 Å². The minimum absolute atomic E-state index is 0.00339. The van der Waals surface area contributed by atoms with E-state index in [1.165, 1.54) is 38.5 Å². The van der Waals surface area contributed by atoms with Gasteiger partial charge in [0.1, 0.15) is 5.60 Å². The van der Waals surface area contributed by atoms with Gasteiger partial charge in [-0.25, -0.2) is 0 Å². The molecule has 0 aromatic carbocycles. The van der Waals surface area contributed by atoms with Crippen LogP contribution in [-0.2, 0) is 9.47 Å². The third-order valence-corrected chi connectivity index (χ3v) is 3.41. The molecule has 2 unspecified atom stereocenters. The Morgan fingerprint density at radius 2 is 1.87 bits per heavy atom. The van der Waals surface area contributed by atoms with Gasteiger partial charge in [0.2, 0.25) is 0 Å². The SMILES string of the molecule is CCCCCCCCOC1(C)COC1C. The minimum Gasteiger partial charge on any atom is -0.372 e. The molecule has 2 heteroatoms. The molecule has 15 heavy (non-hydrogen) atoms. The molecule has 1 saturated heterocycles. The summed E-state index contributed by atoms with van der Waals surface area (Å²) in [7, 11) is 0. The van der Waals surface area contributed by atoms with E-state index in [-0.39, 0.29) is 11.7 Å². The lowest BCUT2D eigenvalue weighted by atomic mass is 9.96. The molecule has 1 rings (SSSR count). The van der Waals surface area contributed by atoms with Gasteiger partial charge in [0, 0.05) is 6.61 Å². The highest BCUT2D eigenvalue weighted by Gasteiger charge is 2.42. The molecule has 1 aliphatic rings. The van der Waals surface area contributed by atoms with Crippen molar-refractivity contribution in [2.75, 3.05) is 13.2 Å². The quantitative estimate of drug-likeness (QED) is 0.575. The highest BCUT2D eigenvalue weighted by molar-refractivity contribution is 4.90. The van der Waals surface area contributed by atoms with Gasteiger partial charge in [0.25, 0.3) is 0 Å². The van der Waals surface area contributed by atoms with E-state index in [0.717, 1.165) is 13.2 Å². The van der Waals surface area contributed by atoms with Gasteiger partial charge in [-0.05, 0) is 20.3 Å². The number of hydrogen-bond donors (Lipinski definition) is 0. The molecule has 0 aromatic rings. The molecule has 1 fully saturated rings. The van der Waals surface area contributed by atoms with Gasteiger partial charge in [-0.15, -0.1) is 0 Å². The zero-order chi connectivity index (χ0) is 11.1. The standard InChI is InChI=1S/C13H26O2/c1-4-5-6-7-8-9-10-15-13(3)11-14-12(13)2/h12H,4-11H2,1-3H3. The van der Waals surface area contributed by atoms with Crippen molar-refractivity contribution < 1.29 is 9.47 Å². The maximum Gasteiger partial charge on any atom is 0.114 e. The van der Waals surface area contributed by atoms with Crippen molar-refractivity contribution in [3.05, 3.63) is 0 Å². The summed E-state index contributed by atoms with van der Waals surface area (Å²) >= 11 is 0. The summed E-state index contributed by atoms with van der Waals surface area (Å²) in [6, 6.07) is 0.